The standard InChI is InChI=1S/C13H27N3O2/c1-5-15(4)13(17)9-14-8-12-10-16(11(2)3)6-7-18-12/h11-12,14H,5-10H2,1-4H3. The number of hydrogen-bond donors (Lipinski definition) is 1. The topological polar surface area (TPSA) is 44.8 Å². The van der Waals surface area contributed by atoms with Crippen LogP contribution in [0.4, 0.5) is 0 Å². The minimum Gasteiger partial charge on any atom is -0.374 e. The number of hydrogen-bond acceptors (Lipinski definition) is 4. The Bertz CT molecular complexity index is 259. The molecule has 5 nitrogen and oxygen atoms in total. The monoisotopic (exact) mass is 257 g/mol. The number of nitrogens with one attached hydrogen (secondary N) is 1. The molecule has 0 aromatic heterocycles. The van der Waals surface area contributed by atoms with Crippen molar-refractivity contribution in [2.45, 2.75) is 32.9 Å². The average Bonchev–Trinajstić information content (AvgIpc) is 2.38. The Morgan fingerprint density at radius 2 is 2.28 bits per heavy atom. The van der Waals surface area contributed by atoms with Gasteiger partial charge in [-0.15, -0.1) is 0 Å². The van der Waals surface area contributed by atoms with Gasteiger partial charge < -0.3 is 15.0 Å². The van der Waals surface area contributed by atoms with Crippen molar-refractivity contribution < 1.29 is 9.53 Å². The van der Waals surface area contributed by atoms with Gasteiger partial charge in [0.2, 0.25) is 5.91 Å². The second-order valence-corrected chi connectivity index (χ2v) is 5.12. The molecular weight excluding hydrogens is 230 g/mol. The van der Waals surface area contributed by atoms with E-state index in [1.807, 2.05) is 14.0 Å². The number of ether oxygens (including phenoxy) is 1. The summed E-state index contributed by atoms with van der Waals surface area (Å²) in [6.45, 7) is 11.0. The molecule has 1 atom stereocenters. The van der Waals surface area contributed by atoms with Gasteiger partial charge in [0.1, 0.15) is 0 Å². The number of carbonyl (C=O) groups excluding carboxylic acids is 1. The van der Waals surface area contributed by atoms with Crippen LogP contribution in [0.15, 0.2) is 0 Å². The summed E-state index contributed by atoms with van der Waals surface area (Å²) in [5.74, 6) is 0.133. The highest BCUT2D eigenvalue weighted by Crippen LogP contribution is 2.07. The summed E-state index contributed by atoms with van der Waals surface area (Å²) >= 11 is 0. The van der Waals surface area contributed by atoms with E-state index >= 15 is 0 Å². The highest BCUT2D eigenvalue weighted by atomic mass is 16.5. The molecule has 0 bridgehead atoms. The molecular formula is C13H27N3O2. The van der Waals surface area contributed by atoms with Crippen LogP contribution in [0.3, 0.4) is 0 Å². The summed E-state index contributed by atoms with van der Waals surface area (Å²) < 4.78 is 5.70. The van der Waals surface area contributed by atoms with Crippen LogP contribution in [0, 0.1) is 0 Å². The van der Waals surface area contributed by atoms with E-state index in [1.165, 1.54) is 0 Å². The van der Waals surface area contributed by atoms with Crippen molar-refractivity contribution in [1.82, 2.24) is 15.1 Å². The zero-order chi connectivity index (χ0) is 13.5. The largest absolute Gasteiger partial charge is 0.374 e. The average molecular weight is 257 g/mol. The molecule has 1 unspecified atom stereocenters. The third kappa shape index (κ3) is 4.92. The number of nitrogens with zero attached hydrogens (tertiary/aromatic N) is 2. The molecule has 1 aliphatic rings. The first-order chi connectivity index (χ1) is 8.54. The summed E-state index contributed by atoms with van der Waals surface area (Å²) in [4.78, 5) is 15.7. The lowest BCUT2D eigenvalue weighted by molar-refractivity contribution is -0.128. The summed E-state index contributed by atoms with van der Waals surface area (Å²) in [5, 5.41) is 3.19. The van der Waals surface area contributed by atoms with Gasteiger partial charge in [-0.05, 0) is 20.8 Å². The normalized spacial score (nSPS) is 21.3. The Balaban J connectivity index is 2.21. The van der Waals surface area contributed by atoms with Gasteiger partial charge in [-0.2, -0.15) is 0 Å². The van der Waals surface area contributed by atoms with Crippen molar-refractivity contribution in [3.63, 3.8) is 0 Å². The van der Waals surface area contributed by atoms with Crippen LogP contribution in [0.2, 0.25) is 0 Å². The Labute approximate surface area is 110 Å². The number of amides is 1. The first kappa shape index (κ1) is 15.4. The second-order valence-electron chi connectivity index (χ2n) is 5.12. The maximum absolute atomic E-state index is 11.6. The van der Waals surface area contributed by atoms with Gasteiger partial charge in [0, 0.05) is 39.3 Å². The molecule has 1 rings (SSSR count). The van der Waals surface area contributed by atoms with Gasteiger partial charge in [0.05, 0.1) is 19.3 Å². The Kier molecular flexibility index (Phi) is 6.60. The lowest BCUT2D eigenvalue weighted by atomic mass is 10.2. The molecule has 0 aromatic carbocycles. The van der Waals surface area contributed by atoms with E-state index in [2.05, 4.69) is 24.1 Å². The van der Waals surface area contributed by atoms with Crippen LogP contribution in [-0.2, 0) is 9.53 Å². The van der Waals surface area contributed by atoms with Crippen molar-refractivity contribution in [2.24, 2.45) is 0 Å². The number of likely N-dealkylation sites (N-methyl/N-ethyl adjacent to an activating group) is 1. The van der Waals surface area contributed by atoms with Gasteiger partial charge >= 0.3 is 0 Å². The third-order valence-electron chi connectivity index (χ3n) is 3.45. The molecule has 1 saturated heterocycles. The van der Waals surface area contributed by atoms with Gasteiger partial charge in [-0.1, -0.05) is 0 Å². The van der Waals surface area contributed by atoms with Gasteiger partial charge in [0.15, 0.2) is 0 Å². The highest BCUT2D eigenvalue weighted by molar-refractivity contribution is 5.77. The first-order valence-corrected chi connectivity index (χ1v) is 6.85. The molecule has 1 fully saturated rings. The molecule has 0 aromatic rings. The van der Waals surface area contributed by atoms with E-state index in [-0.39, 0.29) is 12.0 Å². The number of carbonyl (C=O) groups is 1. The van der Waals surface area contributed by atoms with Gasteiger partial charge in [-0.25, -0.2) is 0 Å². The summed E-state index contributed by atoms with van der Waals surface area (Å²) in [6, 6.07) is 0.559. The summed E-state index contributed by atoms with van der Waals surface area (Å²) in [5.41, 5.74) is 0. The molecule has 1 N–H and O–H groups in total. The number of rotatable bonds is 6. The predicted octanol–water partition coefficient (Wildman–Crippen LogP) is 0.164. The van der Waals surface area contributed by atoms with Crippen LogP contribution in [0.25, 0.3) is 0 Å². The molecule has 1 heterocycles. The van der Waals surface area contributed by atoms with Crippen LogP contribution in [-0.4, -0.2) is 74.2 Å². The third-order valence-corrected chi connectivity index (χ3v) is 3.45. The molecule has 5 heteroatoms. The fraction of sp³-hybridized carbons (Fsp3) is 0.923. The predicted molar refractivity (Wildman–Crippen MR) is 72.6 cm³/mol. The summed E-state index contributed by atoms with van der Waals surface area (Å²) in [7, 11) is 1.82. The first-order valence-electron chi connectivity index (χ1n) is 6.85. The fourth-order valence-corrected chi connectivity index (χ4v) is 1.99. The molecule has 0 aliphatic carbocycles. The minimum atomic E-state index is 0.133. The van der Waals surface area contributed by atoms with Crippen LogP contribution >= 0.6 is 0 Å². The van der Waals surface area contributed by atoms with E-state index in [9.17, 15) is 4.79 Å². The van der Waals surface area contributed by atoms with E-state index in [0.29, 0.717) is 12.6 Å². The minimum absolute atomic E-state index is 0.133. The van der Waals surface area contributed by atoms with Crippen LogP contribution in [0.1, 0.15) is 20.8 Å². The molecule has 106 valence electrons. The second kappa shape index (κ2) is 7.71. The quantitative estimate of drug-likeness (QED) is 0.736. The zero-order valence-electron chi connectivity index (χ0n) is 12.1. The molecule has 1 amide bonds. The Morgan fingerprint density at radius 1 is 1.56 bits per heavy atom. The smallest absolute Gasteiger partial charge is 0.236 e. The molecule has 0 spiro atoms. The highest BCUT2D eigenvalue weighted by Gasteiger charge is 2.22. The van der Waals surface area contributed by atoms with E-state index in [0.717, 1.165) is 32.8 Å². The molecule has 0 saturated carbocycles. The molecule has 1 aliphatic heterocycles. The van der Waals surface area contributed by atoms with Crippen LogP contribution in [0.5, 0.6) is 0 Å². The SMILES string of the molecule is CCN(C)C(=O)CNCC1CN(C(C)C)CCO1. The Morgan fingerprint density at radius 3 is 2.89 bits per heavy atom. The van der Waals surface area contributed by atoms with Crippen molar-refractivity contribution >= 4 is 5.91 Å². The van der Waals surface area contributed by atoms with E-state index in [1.54, 1.807) is 4.90 Å². The van der Waals surface area contributed by atoms with E-state index in [4.69, 9.17) is 4.74 Å². The van der Waals surface area contributed by atoms with Gasteiger partial charge in [0.25, 0.3) is 0 Å². The van der Waals surface area contributed by atoms with Crippen molar-refractivity contribution in [3.8, 4) is 0 Å². The van der Waals surface area contributed by atoms with Crippen molar-refractivity contribution in [3.05, 3.63) is 0 Å². The number of morpholine rings is 1. The van der Waals surface area contributed by atoms with Crippen molar-refractivity contribution in [1.29, 1.82) is 0 Å². The van der Waals surface area contributed by atoms with Gasteiger partial charge in [-0.3, -0.25) is 9.69 Å². The molecule has 18 heavy (non-hydrogen) atoms. The maximum atomic E-state index is 11.6. The summed E-state index contributed by atoms with van der Waals surface area (Å²) in [6.07, 6.45) is 0.195. The lowest BCUT2D eigenvalue weighted by Crippen LogP contribution is -2.50. The molecule has 0 radical (unpaired) electrons. The Hall–Kier alpha value is -0.650. The van der Waals surface area contributed by atoms with Crippen molar-refractivity contribution in [2.75, 3.05) is 46.4 Å². The van der Waals surface area contributed by atoms with Crippen LogP contribution < -0.4 is 5.32 Å². The lowest BCUT2D eigenvalue weighted by Gasteiger charge is -2.35. The zero-order valence-corrected chi connectivity index (χ0v) is 12.1. The fourth-order valence-electron chi connectivity index (χ4n) is 1.99. The maximum Gasteiger partial charge on any atom is 0.236 e. The van der Waals surface area contributed by atoms with E-state index < -0.39 is 0 Å².